The van der Waals surface area contributed by atoms with Crippen LogP contribution in [0.4, 0.5) is 0 Å². The van der Waals surface area contributed by atoms with Crippen molar-refractivity contribution in [1.29, 1.82) is 0 Å². The lowest BCUT2D eigenvalue weighted by Crippen LogP contribution is -2.26. The molecule has 2 aromatic carbocycles. The van der Waals surface area contributed by atoms with Gasteiger partial charge in [-0.15, -0.1) is 0 Å². The molecule has 0 aromatic heterocycles. The molecule has 18 heavy (non-hydrogen) atoms. The summed E-state index contributed by atoms with van der Waals surface area (Å²) in [6.07, 6.45) is 1.69. The first-order valence-electron chi connectivity index (χ1n) is 6.58. The average molecular weight is 240 g/mol. The molecule has 0 aliphatic rings. The van der Waals surface area contributed by atoms with Crippen molar-refractivity contribution in [2.45, 2.75) is 32.3 Å². The molecule has 0 bridgehead atoms. The molecule has 2 rings (SSSR count). The summed E-state index contributed by atoms with van der Waals surface area (Å²) in [5.41, 5.74) is 2.34. The van der Waals surface area contributed by atoms with E-state index >= 15 is 0 Å². The maximum atomic E-state index is 10.9. The summed E-state index contributed by atoms with van der Waals surface area (Å²) in [5, 5.41) is 10.9. The molecule has 0 spiro atoms. The Labute approximate surface area is 109 Å². The highest BCUT2D eigenvalue weighted by atomic mass is 16.3. The minimum absolute atomic E-state index is 0.669. The van der Waals surface area contributed by atoms with E-state index in [0.717, 1.165) is 17.5 Å². The van der Waals surface area contributed by atoms with Gasteiger partial charge in [0.15, 0.2) is 0 Å². The lowest BCUT2D eigenvalue weighted by atomic mass is 9.84. The van der Waals surface area contributed by atoms with Crippen molar-refractivity contribution in [3.63, 3.8) is 0 Å². The van der Waals surface area contributed by atoms with Gasteiger partial charge in [0, 0.05) is 0 Å². The summed E-state index contributed by atoms with van der Waals surface area (Å²) in [4.78, 5) is 0. The zero-order chi connectivity index (χ0) is 13.0. The van der Waals surface area contributed by atoms with Crippen LogP contribution in [-0.2, 0) is 12.0 Å². The first-order valence-corrected chi connectivity index (χ1v) is 6.58. The molecule has 2 aromatic rings. The zero-order valence-electron chi connectivity index (χ0n) is 11.1. The van der Waals surface area contributed by atoms with Crippen LogP contribution in [0.15, 0.2) is 54.6 Å². The monoisotopic (exact) mass is 240 g/mol. The Kier molecular flexibility index (Phi) is 3.83. The molecule has 1 heteroatoms. The van der Waals surface area contributed by atoms with Crippen LogP contribution in [0, 0.1) is 0 Å². The fraction of sp³-hybridized carbons (Fsp3) is 0.294. The predicted octanol–water partition coefficient (Wildman–Crippen LogP) is 3.89. The number of rotatable bonds is 4. The standard InChI is InChI=1S/C17H20O/c1-3-14-10-12-16(13-11-14)17(18,4-2)15-8-6-5-7-9-15/h5-13,18H,3-4H2,1-2H3. The Morgan fingerprint density at radius 2 is 1.39 bits per heavy atom. The summed E-state index contributed by atoms with van der Waals surface area (Å²) in [6, 6.07) is 18.1. The minimum Gasteiger partial charge on any atom is -0.380 e. The number of hydrogen-bond acceptors (Lipinski definition) is 1. The number of aryl methyl sites for hydroxylation is 1. The van der Waals surface area contributed by atoms with Crippen molar-refractivity contribution in [2.75, 3.05) is 0 Å². The van der Waals surface area contributed by atoms with E-state index in [4.69, 9.17) is 0 Å². The quantitative estimate of drug-likeness (QED) is 0.859. The largest absolute Gasteiger partial charge is 0.380 e. The maximum Gasteiger partial charge on any atom is 0.114 e. The molecular formula is C17H20O. The summed E-state index contributed by atoms with van der Waals surface area (Å²) in [6.45, 7) is 4.15. The molecule has 0 amide bonds. The van der Waals surface area contributed by atoms with Gasteiger partial charge in [-0.2, -0.15) is 0 Å². The molecule has 0 radical (unpaired) electrons. The van der Waals surface area contributed by atoms with Crippen LogP contribution in [-0.4, -0.2) is 5.11 Å². The van der Waals surface area contributed by atoms with E-state index in [0.29, 0.717) is 6.42 Å². The van der Waals surface area contributed by atoms with E-state index < -0.39 is 5.60 Å². The van der Waals surface area contributed by atoms with Gasteiger partial charge in [0.05, 0.1) is 0 Å². The van der Waals surface area contributed by atoms with Crippen molar-refractivity contribution in [3.05, 3.63) is 71.3 Å². The Hall–Kier alpha value is -1.60. The van der Waals surface area contributed by atoms with E-state index in [1.165, 1.54) is 5.56 Å². The highest BCUT2D eigenvalue weighted by Gasteiger charge is 2.28. The van der Waals surface area contributed by atoms with Gasteiger partial charge in [-0.1, -0.05) is 68.4 Å². The Morgan fingerprint density at radius 3 is 1.89 bits per heavy atom. The normalized spacial score (nSPS) is 14.2. The molecule has 1 unspecified atom stereocenters. The predicted molar refractivity (Wildman–Crippen MR) is 75.6 cm³/mol. The van der Waals surface area contributed by atoms with Gasteiger partial charge in [0.25, 0.3) is 0 Å². The number of aliphatic hydroxyl groups is 1. The third kappa shape index (κ3) is 2.32. The van der Waals surface area contributed by atoms with Gasteiger partial charge in [0.1, 0.15) is 5.60 Å². The van der Waals surface area contributed by atoms with E-state index in [2.05, 4.69) is 19.1 Å². The van der Waals surface area contributed by atoms with Gasteiger partial charge in [0.2, 0.25) is 0 Å². The Balaban J connectivity index is 2.43. The van der Waals surface area contributed by atoms with Crippen molar-refractivity contribution in [1.82, 2.24) is 0 Å². The third-order valence-corrected chi connectivity index (χ3v) is 3.60. The molecule has 0 saturated carbocycles. The first kappa shape index (κ1) is 12.8. The average Bonchev–Trinajstić information content (AvgIpc) is 2.47. The van der Waals surface area contributed by atoms with Gasteiger partial charge in [-0.05, 0) is 29.5 Å². The van der Waals surface area contributed by atoms with Crippen LogP contribution in [0.2, 0.25) is 0 Å². The van der Waals surface area contributed by atoms with Crippen LogP contribution in [0.25, 0.3) is 0 Å². The molecule has 1 N–H and O–H groups in total. The summed E-state index contributed by atoms with van der Waals surface area (Å²) in [5.74, 6) is 0. The molecule has 1 nitrogen and oxygen atoms in total. The van der Waals surface area contributed by atoms with Gasteiger partial charge >= 0.3 is 0 Å². The van der Waals surface area contributed by atoms with Crippen LogP contribution < -0.4 is 0 Å². The molecular weight excluding hydrogens is 220 g/mol. The van der Waals surface area contributed by atoms with Crippen LogP contribution >= 0.6 is 0 Å². The molecule has 1 atom stereocenters. The zero-order valence-corrected chi connectivity index (χ0v) is 11.1. The van der Waals surface area contributed by atoms with Crippen molar-refractivity contribution in [3.8, 4) is 0 Å². The fourth-order valence-corrected chi connectivity index (χ4v) is 2.30. The van der Waals surface area contributed by atoms with Crippen LogP contribution in [0.1, 0.15) is 37.0 Å². The van der Waals surface area contributed by atoms with E-state index in [-0.39, 0.29) is 0 Å². The third-order valence-electron chi connectivity index (χ3n) is 3.60. The number of hydrogen-bond donors (Lipinski definition) is 1. The van der Waals surface area contributed by atoms with Gasteiger partial charge < -0.3 is 5.11 Å². The molecule has 0 fully saturated rings. The number of benzene rings is 2. The summed E-state index contributed by atoms with van der Waals surface area (Å²) in [7, 11) is 0. The van der Waals surface area contributed by atoms with E-state index in [1.807, 2.05) is 49.4 Å². The lowest BCUT2D eigenvalue weighted by Gasteiger charge is -2.28. The van der Waals surface area contributed by atoms with E-state index in [1.54, 1.807) is 0 Å². The van der Waals surface area contributed by atoms with Crippen LogP contribution in [0.3, 0.4) is 0 Å². The molecule has 0 heterocycles. The summed E-state index contributed by atoms with van der Waals surface area (Å²) < 4.78 is 0. The molecule has 0 aliphatic carbocycles. The van der Waals surface area contributed by atoms with Crippen LogP contribution in [0.5, 0.6) is 0 Å². The van der Waals surface area contributed by atoms with Crippen molar-refractivity contribution >= 4 is 0 Å². The second-order valence-corrected chi connectivity index (χ2v) is 4.63. The maximum absolute atomic E-state index is 10.9. The van der Waals surface area contributed by atoms with Gasteiger partial charge in [-0.3, -0.25) is 0 Å². The van der Waals surface area contributed by atoms with Gasteiger partial charge in [-0.25, -0.2) is 0 Å². The fourth-order valence-electron chi connectivity index (χ4n) is 2.30. The molecule has 94 valence electrons. The second-order valence-electron chi connectivity index (χ2n) is 4.63. The first-order chi connectivity index (χ1) is 8.70. The summed E-state index contributed by atoms with van der Waals surface area (Å²) >= 11 is 0. The SMILES string of the molecule is CCc1ccc(C(O)(CC)c2ccccc2)cc1. The second kappa shape index (κ2) is 5.36. The minimum atomic E-state index is -0.881. The highest BCUT2D eigenvalue weighted by molar-refractivity contribution is 5.37. The highest BCUT2D eigenvalue weighted by Crippen LogP contribution is 2.32. The molecule has 0 aliphatic heterocycles. The molecule has 0 saturated heterocycles. The van der Waals surface area contributed by atoms with Crippen molar-refractivity contribution < 1.29 is 5.11 Å². The van der Waals surface area contributed by atoms with Crippen molar-refractivity contribution in [2.24, 2.45) is 0 Å². The van der Waals surface area contributed by atoms with E-state index in [9.17, 15) is 5.11 Å². The Morgan fingerprint density at radius 1 is 0.833 bits per heavy atom. The Bertz CT molecular complexity index is 487. The lowest BCUT2D eigenvalue weighted by molar-refractivity contribution is 0.0765. The topological polar surface area (TPSA) is 20.2 Å². The smallest absolute Gasteiger partial charge is 0.114 e.